The Kier molecular flexibility index (Phi) is 6.91. The quantitative estimate of drug-likeness (QED) is 0.378. The van der Waals surface area contributed by atoms with Gasteiger partial charge in [0.2, 0.25) is 5.60 Å². The molecule has 1 aliphatic heterocycles. The van der Waals surface area contributed by atoms with E-state index in [0.717, 1.165) is 0 Å². The minimum atomic E-state index is -1.97. The van der Waals surface area contributed by atoms with Crippen LogP contribution in [0.25, 0.3) is 0 Å². The summed E-state index contributed by atoms with van der Waals surface area (Å²) in [4.78, 5) is 50.9. The first kappa shape index (κ1) is 23.7. The van der Waals surface area contributed by atoms with Crippen LogP contribution in [0.3, 0.4) is 0 Å². The van der Waals surface area contributed by atoms with Gasteiger partial charge in [0.05, 0.1) is 16.7 Å². The summed E-state index contributed by atoms with van der Waals surface area (Å²) < 4.78 is 21.8. The molecule has 0 aromatic heterocycles. The number of hydrogen-bond donors (Lipinski definition) is 0. The Labute approximate surface area is 201 Å². The van der Waals surface area contributed by atoms with E-state index in [0.29, 0.717) is 5.56 Å². The van der Waals surface area contributed by atoms with Crippen molar-refractivity contribution in [3.8, 4) is 0 Å². The molecular formula is C27H22O8. The van der Waals surface area contributed by atoms with Gasteiger partial charge in [-0.1, -0.05) is 54.6 Å². The second-order valence-electron chi connectivity index (χ2n) is 7.96. The molecule has 178 valence electrons. The molecule has 0 amide bonds. The molecule has 8 heteroatoms. The van der Waals surface area contributed by atoms with E-state index in [4.69, 9.17) is 18.9 Å². The zero-order valence-corrected chi connectivity index (χ0v) is 18.8. The highest BCUT2D eigenvalue weighted by Crippen LogP contribution is 2.34. The smallest absolute Gasteiger partial charge is 0.355 e. The van der Waals surface area contributed by atoms with Gasteiger partial charge in [0.15, 0.2) is 12.2 Å². The van der Waals surface area contributed by atoms with E-state index in [2.05, 4.69) is 0 Å². The maximum atomic E-state index is 12.9. The van der Waals surface area contributed by atoms with Crippen LogP contribution >= 0.6 is 0 Å². The van der Waals surface area contributed by atoms with Gasteiger partial charge in [-0.15, -0.1) is 0 Å². The molecule has 3 aromatic rings. The molecule has 0 aliphatic carbocycles. The summed E-state index contributed by atoms with van der Waals surface area (Å²) in [6.45, 7) is 0.892. The van der Waals surface area contributed by atoms with E-state index in [1.54, 1.807) is 66.7 Å². The zero-order valence-electron chi connectivity index (χ0n) is 18.8. The number of ether oxygens (including phenoxy) is 4. The lowest BCUT2D eigenvalue weighted by molar-refractivity contribution is -0.156. The fraction of sp³-hybridized carbons (Fsp3) is 0.185. The molecular weight excluding hydrogens is 452 g/mol. The van der Waals surface area contributed by atoms with Gasteiger partial charge in [0.1, 0.15) is 6.61 Å². The van der Waals surface area contributed by atoms with Crippen molar-refractivity contribution in [2.75, 3.05) is 6.61 Å². The van der Waals surface area contributed by atoms with Crippen LogP contribution in [0.5, 0.6) is 0 Å². The van der Waals surface area contributed by atoms with Crippen molar-refractivity contribution in [2.24, 2.45) is 0 Å². The lowest BCUT2D eigenvalue weighted by Crippen LogP contribution is -2.50. The van der Waals surface area contributed by atoms with E-state index in [1.165, 1.54) is 31.2 Å². The van der Waals surface area contributed by atoms with Crippen molar-refractivity contribution in [3.63, 3.8) is 0 Å². The summed E-state index contributed by atoms with van der Waals surface area (Å²) >= 11 is 0. The largest absolute Gasteiger partial charge is 0.458 e. The molecule has 1 saturated heterocycles. The van der Waals surface area contributed by atoms with Crippen LogP contribution < -0.4 is 0 Å². The summed E-state index contributed by atoms with van der Waals surface area (Å²) in [5.74, 6) is -3.12. The molecule has 0 N–H and O–H groups in total. The van der Waals surface area contributed by atoms with Crippen LogP contribution in [0, 0.1) is 0 Å². The molecule has 3 aromatic carbocycles. The molecule has 0 saturated carbocycles. The van der Waals surface area contributed by atoms with Gasteiger partial charge in [-0.25, -0.2) is 19.2 Å². The van der Waals surface area contributed by atoms with E-state index in [9.17, 15) is 19.2 Å². The number of carbonyl (C=O) groups is 4. The maximum absolute atomic E-state index is 12.9. The van der Waals surface area contributed by atoms with Gasteiger partial charge >= 0.3 is 23.9 Å². The summed E-state index contributed by atoms with van der Waals surface area (Å²) in [7, 11) is 0. The zero-order chi connectivity index (χ0) is 24.8. The van der Waals surface area contributed by atoms with Crippen molar-refractivity contribution in [1.29, 1.82) is 0 Å². The number of esters is 4. The first-order valence-corrected chi connectivity index (χ1v) is 10.9. The van der Waals surface area contributed by atoms with Crippen molar-refractivity contribution < 1.29 is 38.1 Å². The molecule has 1 heterocycles. The summed E-state index contributed by atoms with van der Waals surface area (Å²) in [5, 5.41) is 0. The lowest BCUT2D eigenvalue weighted by atomic mass is 9.97. The lowest BCUT2D eigenvalue weighted by Gasteiger charge is -2.28. The fourth-order valence-corrected chi connectivity index (χ4v) is 3.60. The third-order valence-corrected chi connectivity index (χ3v) is 5.49. The van der Waals surface area contributed by atoms with Crippen molar-refractivity contribution in [2.45, 2.75) is 24.7 Å². The molecule has 0 radical (unpaired) electrons. The topological polar surface area (TPSA) is 105 Å². The number of cyclic esters (lactones) is 1. The van der Waals surface area contributed by atoms with E-state index in [1.807, 2.05) is 0 Å². The highest BCUT2D eigenvalue weighted by atomic mass is 16.7. The summed E-state index contributed by atoms with van der Waals surface area (Å²) in [6.07, 6.45) is -2.57. The number of benzene rings is 3. The average molecular weight is 474 g/mol. The number of hydrogen-bond acceptors (Lipinski definition) is 8. The van der Waals surface area contributed by atoms with Crippen molar-refractivity contribution in [3.05, 3.63) is 108 Å². The van der Waals surface area contributed by atoms with Gasteiger partial charge in [0, 0.05) is 0 Å². The molecule has 35 heavy (non-hydrogen) atoms. The third kappa shape index (κ3) is 5.22. The highest BCUT2D eigenvalue weighted by molar-refractivity contribution is 5.95. The monoisotopic (exact) mass is 474 g/mol. The van der Waals surface area contributed by atoms with Gasteiger partial charge in [-0.05, 0) is 43.3 Å². The van der Waals surface area contributed by atoms with Crippen LogP contribution in [0.2, 0.25) is 0 Å². The van der Waals surface area contributed by atoms with Crippen LogP contribution in [0.1, 0.15) is 38.0 Å². The van der Waals surface area contributed by atoms with Crippen molar-refractivity contribution in [1.82, 2.24) is 0 Å². The average Bonchev–Trinajstić information content (AvgIpc) is 3.12. The van der Waals surface area contributed by atoms with Crippen LogP contribution in [0.15, 0.2) is 91.0 Å². The number of rotatable bonds is 7. The summed E-state index contributed by atoms with van der Waals surface area (Å²) in [6, 6.07) is 24.4. The van der Waals surface area contributed by atoms with Crippen LogP contribution in [-0.2, 0) is 23.7 Å². The van der Waals surface area contributed by atoms with Gasteiger partial charge < -0.3 is 18.9 Å². The van der Waals surface area contributed by atoms with Crippen molar-refractivity contribution >= 4 is 23.9 Å². The Morgan fingerprint density at radius 1 is 0.743 bits per heavy atom. The molecule has 0 unspecified atom stereocenters. The molecule has 3 atom stereocenters. The van der Waals surface area contributed by atoms with E-state index < -0.39 is 48.3 Å². The highest BCUT2D eigenvalue weighted by Gasteiger charge is 2.60. The second-order valence-corrected chi connectivity index (χ2v) is 7.96. The Morgan fingerprint density at radius 2 is 1.20 bits per heavy atom. The molecule has 0 bridgehead atoms. The third-order valence-electron chi connectivity index (χ3n) is 5.49. The number of carbonyl (C=O) groups excluding carboxylic acids is 4. The minimum Gasteiger partial charge on any atom is -0.458 e. The normalized spacial score (nSPS) is 21.0. The van der Waals surface area contributed by atoms with Gasteiger partial charge in [-0.3, -0.25) is 0 Å². The molecule has 4 rings (SSSR count). The Bertz CT molecular complexity index is 1210. The molecule has 1 aliphatic rings. The van der Waals surface area contributed by atoms with E-state index in [-0.39, 0.29) is 11.1 Å². The fourth-order valence-electron chi connectivity index (χ4n) is 3.60. The Hall–Kier alpha value is -4.46. The van der Waals surface area contributed by atoms with Gasteiger partial charge in [-0.2, -0.15) is 0 Å². The first-order valence-electron chi connectivity index (χ1n) is 10.9. The Morgan fingerprint density at radius 3 is 1.71 bits per heavy atom. The standard InChI is InChI=1S/C27H22O8/c1-27(35-25(30)20-15-9-4-10-16-20)22(34-24(29)19-13-7-3-8-14-19)21(33-26(27)31)17-32-23(28)18-11-5-2-6-12-18/h2-16,21-22H,17H2,1H3/t21-,22-,27+/m1/s1. The predicted octanol–water partition coefficient (Wildman–Crippen LogP) is 3.61. The van der Waals surface area contributed by atoms with Crippen LogP contribution in [-0.4, -0.2) is 48.3 Å². The van der Waals surface area contributed by atoms with Crippen LogP contribution in [0.4, 0.5) is 0 Å². The molecule has 0 spiro atoms. The second kappa shape index (κ2) is 10.2. The maximum Gasteiger partial charge on any atom is 0.355 e. The Balaban J connectivity index is 1.57. The molecule has 1 fully saturated rings. The SMILES string of the molecule is C[C@@]1(OC(=O)c2ccccc2)C(=O)O[C@H](COC(=O)c2ccccc2)[C@H]1OC(=O)c1ccccc1. The first-order chi connectivity index (χ1) is 16.9. The molecule has 8 nitrogen and oxygen atoms in total. The predicted molar refractivity (Wildman–Crippen MR) is 123 cm³/mol. The summed E-state index contributed by atoms with van der Waals surface area (Å²) in [5.41, 5.74) is -1.24. The minimum absolute atomic E-state index is 0.202. The van der Waals surface area contributed by atoms with E-state index >= 15 is 0 Å². The van der Waals surface area contributed by atoms with Gasteiger partial charge in [0.25, 0.3) is 0 Å².